The normalized spacial score (nSPS) is 35.0. The number of hydrogen-bond acceptors (Lipinski definition) is 3. The van der Waals surface area contributed by atoms with Crippen LogP contribution in [-0.2, 0) is 9.59 Å². The Morgan fingerprint density at radius 1 is 1.00 bits per heavy atom. The summed E-state index contributed by atoms with van der Waals surface area (Å²) in [6.45, 7) is 0. The second kappa shape index (κ2) is 3.64. The maximum atomic E-state index is 12.3. The summed E-state index contributed by atoms with van der Waals surface area (Å²) in [6, 6.07) is -0.148. The minimum absolute atomic E-state index is 0.0246. The highest BCUT2D eigenvalue weighted by Crippen LogP contribution is 2.37. The van der Waals surface area contributed by atoms with Crippen LogP contribution in [0.3, 0.4) is 0 Å². The zero-order valence-electron chi connectivity index (χ0n) is 9.30. The van der Waals surface area contributed by atoms with Gasteiger partial charge in [-0.3, -0.25) is 9.59 Å². The number of carbonyl (C=O) groups excluding carboxylic acids is 2. The van der Waals surface area contributed by atoms with Gasteiger partial charge in [0, 0.05) is 17.2 Å². The van der Waals surface area contributed by atoms with Crippen LogP contribution < -0.4 is 5.73 Å². The van der Waals surface area contributed by atoms with Crippen LogP contribution in [-0.4, -0.2) is 17.6 Å². The smallest absolute Gasteiger partial charge is 0.171 e. The molecule has 3 aliphatic carbocycles. The van der Waals surface area contributed by atoms with Gasteiger partial charge >= 0.3 is 0 Å². The molecule has 3 unspecified atom stereocenters. The summed E-state index contributed by atoms with van der Waals surface area (Å²) in [7, 11) is 0. The molecule has 1 saturated carbocycles. The zero-order valence-corrected chi connectivity index (χ0v) is 9.30. The van der Waals surface area contributed by atoms with Gasteiger partial charge in [-0.15, -0.1) is 0 Å². The highest BCUT2D eigenvalue weighted by atomic mass is 16.1. The molecule has 3 rings (SSSR count). The fourth-order valence-corrected chi connectivity index (χ4v) is 2.65. The second-order valence-corrected chi connectivity index (χ2v) is 4.65. The van der Waals surface area contributed by atoms with Gasteiger partial charge in [0.25, 0.3) is 0 Å². The molecule has 0 bridgehead atoms. The molecule has 2 N–H and O–H groups in total. The first-order chi connectivity index (χ1) is 8.18. The number of Topliss-reactive ketones (excluding diaryl/α,β-unsaturated/α-hetero) is 2. The molecule has 0 radical (unpaired) electrons. The van der Waals surface area contributed by atoms with Crippen molar-refractivity contribution in [1.82, 2.24) is 0 Å². The Balaban J connectivity index is 2.09. The third kappa shape index (κ3) is 1.46. The van der Waals surface area contributed by atoms with Crippen LogP contribution in [0.1, 0.15) is 6.42 Å². The van der Waals surface area contributed by atoms with E-state index in [4.69, 9.17) is 5.73 Å². The van der Waals surface area contributed by atoms with Crippen molar-refractivity contribution in [3.8, 4) is 0 Å². The molecule has 3 heteroatoms. The third-order valence-corrected chi connectivity index (χ3v) is 3.54. The minimum atomic E-state index is -0.332. The molecule has 3 nitrogen and oxygen atoms in total. The van der Waals surface area contributed by atoms with E-state index in [-0.39, 0.29) is 29.4 Å². The lowest BCUT2D eigenvalue weighted by molar-refractivity contribution is -0.127. The van der Waals surface area contributed by atoms with Crippen LogP contribution in [0.15, 0.2) is 47.6 Å². The fraction of sp³-hybridized carbons (Fsp3) is 0.286. The molecule has 0 aromatic rings. The Hall–Kier alpha value is -1.74. The molecular formula is C14H13NO2. The number of nitrogens with two attached hydrogens (primary N) is 1. The first-order valence-corrected chi connectivity index (χ1v) is 5.80. The summed E-state index contributed by atoms with van der Waals surface area (Å²) < 4.78 is 0. The van der Waals surface area contributed by atoms with Crippen molar-refractivity contribution in [1.29, 1.82) is 0 Å². The van der Waals surface area contributed by atoms with Crippen LogP contribution in [0.4, 0.5) is 0 Å². The summed E-state index contributed by atoms with van der Waals surface area (Å²) in [6.07, 6.45) is 11.5. The van der Waals surface area contributed by atoms with Crippen LogP contribution in [0.25, 0.3) is 0 Å². The number of fused-ring (bicyclic) bond motifs is 2. The molecule has 0 heterocycles. The average Bonchev–Trinajstić information content (AvgIpc) is 2.36. The summed E-state index contributed by atoms with van der Waals surface area (Å²) in [5.41, 5.74) is 6.89. The maximum Gasteiger partial charge on any atom is 0.171 e. The van der Waals surface area contributed by atoms with Gasteiger partial charge in [0.2, 0.25) is 0 Å². The van der Waals surface area contributed by atoms with Crippen LogP contribution in [0.2, 0.25) is 0 Å². The largest absolute Gasteiger partial charge is 0.324 e. The van der Waals surface area contributed by atoms with Crippen molar-refractivity contribution in [2.24, 2.45) is 17.6 Å². The summed E-state index contributed by atoms with van der Waals surface area (Å²) in [5.74, 6) is -0.573. The Morgan fingerprint density at radius 2 is 1.59 bits per heavy atom. The molecule has 3 atom stereocenters. The van der Waals surface area contributed by atoms with E-state index in [1.165, 1.54) is 0 Å². The van der Waals surface area contributed by atoms with E-state index in [0.717, 1.165) is 0 Å². The lowest BCUT2D eigenvalue weighted by atomic mass is 9.69. The van der Waals surface area contributed by atoms with E-state index < -0.39 is 0 Å². The van der Waals surface area contributed by atoms with Crippen molar-refractivity contribution in [2.75, 3.05) is 0 Å². The third-order valence-electron chi connectivity index (χ3n) is 3.54. The van der Waals surface area contributed by atoms with Crippen molar-refractivity contribution in [3.63, 3.8) is 0 Å². The summed E-state index contributed by atoms with van der Waals surface area (Å²) in [5, 5.41) is 0. The van der Waals surface area contributed by atoms with E-state index in [0.29, 0.717) is 17.6 Å². The first-order valence-electron chi connectivity index (χ1n) is 5.80. The van der Waals surface area contributed by atoms with E-state index in [1.54, 1.807) is 6.08 Å². The Morgan fingerprint density at radius 3 is 2.24 bits per heavy atom. The Bertz CT molecular complexity index is 522. The van der Waals surface area contributed by atoms with E-state index >= 15 is 0 Å². The predicted molar refractivity (Wildman–Crippen MR) is 64.0 cm³/mol. The van der Waals surface area contributed by atoms with Crippen molar-refractivity contribution in [2.45, 2.75) is 12.5 Å². The molecule has 3 aliphatic rings. The average molecular weight is 227 g/mol. The highest BCUT2D eigenvalue weighted by molar-refractivity contribution is 6.20. The standard InChI is InChI=1S/C14H13NO2/c15-8-5-6-11-12(7-8)14(17)10-4-2-1-3-9(10)13(11)16/h1-4,6-10H,5,15H2. The Labute approximate surface area is 99.4 Å². The number of ketones is 2. The monoisotopic (exact) mass is 227 g/mol. The molecule has 0 aromatic heterocycles. The number of allylic oxidation sites excluding steroid dienone is 6. The first kappa shape index (κ1) is 10.4. The minimum Gasteiger partial charge on any atom is -0.324 e. The van der Waals surface area contributed by atoms with Gasteiger partial charge in [-0.25, -0.2) is 0 Å². The highest BCUT2D eigenvalue weighted by Gasteiger charge is 2.42. The summed E-state index contributed by atoms with van der Waals surface area (Å²) >= 11 is 0. The van der Waals surface area contributed by atoms with Crippen LogP contribution in [0, 0.1) is 11.8 Å². The Kier molecular flexibility index (Phi) is 2.23. The lowest BCUT2D eigenvalue weighted by Crippen LogP contribution is -2.39. The van der Waals surface area contributed by atoms with Crippen LogP contribution in [0.5, 0.6) is 0 Å². The quantitative estimate of drug-likeness (QED) is 0.673. The molecule has 0 aliphatic heterocycles. The second-order valence-electron chi connectivity index (χ2n) is 4.65. The zero-order chi connectivity index (χ0) is 12.0. The van der Waals surface area contributed by atoms with Gasteiger partial charge in [-0.05, 0) is 6.42 Å². The van der Waals surface area contributed by atoms with Gasteiger partial charge in [0.1, 0.15) is 0 Å². The van der Waals surface area contributed by atoms with Gasteiger partial charge in [-0.1, -0.05) is 36.5 Å². The number of hydrogen-bond donors (Lipinski definition) is 1. The van der Waals surface area contributed by atoms with Gasteiger partial charge in [0.15, 0.2) is 11.6 Å². The molecule has 1 fully saturated rings. The molecule has 86 valence electrons. The molecule has 0 spiro atoms. The van der Waals surface area contributed by atoms with Gasteiger partial charge < -0.3 is 5.73 Å². The SMILES string of the molecule is NC1C=C2C(=O)C3C=CC=CC3C(=O)C2=CC1. The predicted octanol–water partition coefficient (Wildman–Crippen LogP) is 1.08. The van der Waals surface area contributed by atoms with E-state index in [9.17, 15) is 9.59 Å². The molecule has 17 heavy (non-hydrogen) atoms. The van der Waals surface area contributed by atoms with Gasteiger partial charge in [0.05, 0.1) is 11.8 Å². The van der Waals surface area contributed by atoms with Crippen molar-refractivity contribution in [3.05, 3.63) is 47.6 Å². The number of rotatable bonds is 0. The number of carbonyl (C=O) groups is 2. The lowest BCUT2D eigenvalue weighted by Gasteiger charge is -2.32. The molecular weight excluding hydrogens is 214 g/mol. The summed E-state index contributed by atoms with van der Waals surface area (Å²) in [4.78, 5) is 24.5. The van der Waals surface area contributed by atoms with Crippen molar-refractivity contribution >= 4 is 11.6 Å². The van der Waals surface area contributed by atoms with E-state index in [1.807, 2.05) is 30.4 Å². The van der Waals surface area contributed by atoms with Gasteiger partial charge in [-0.2, -0.15) is 0 Å². The molecule has 0 saturated heterocycles. The van der Waals surface area contributed by atoms with Crippen LogP contribution >= 0.6 is 0 Å². The maximum absolute atomic E-state index is 12.3. The van der Waals surface area contributed by atoms with Crippen molar-refractivity contribution < 1.29 is 9.59 Å². The molecule has 0 amide bonds. The fourth-order valence-electron chi connectivity index (χ4n) is 2.65. The molecule has 0 aromatic carbocycles. The topological polar surface area (TPSA) is 60.2 Å². The van der Waals surface area contributed by atoms with E-state index in [2.05, 4.69) is 0 Å².